The van der Waals surface area contributed by atoms with Gasteiger partial charge in [0.1, 0.15) is 5.75 Å². The fourth-order valence-corrected chi connectivity index (χ4v) is 2.96. The first-order valence-electron chi connectivity index (χ1n) is 6.61. The van der Waals surface area contributed by atoms with Gasteiger partial charge in [0, 0.05) is 16.6 Å². The van der Waals surface area contributed by atoms with Gasteiger partial charge in [0.2, 0.25) is 0 Å². The first-order chi connectivity index (χ1) is 9.60. The Bertz CT molecular complexity index is 488. The Morgan fingerprint density at radius 2 is 2.05 bits per heavy atom. The van der Waals surface area contributed by atoms with Gasteiger partial charge in [-0.15, -0.1) is 0 Å². The van der Waals surface area contributed by atoms with Crippen molar-refractivity contribution < 1.29 is 14.6 Å². The molecule has 20 heavy (non-hydrogen) atoms. The molecule has 1 amide bonds. The lowest BCUT2D eigenvalue weighted by molar-refractivity contribution is -0.123. The van der Waals surface area contributed by atoms with E-state index in [1.807, 2.05) is 0 Å². The van der Waals surface area contributed by atoms with Gasteiger partial charge >= 0.3 is 0 Å². The van der Waals surface area contributed by atoms with Crippen LogP contribution in [-0.4, -0.2) is 23.7 Å². The van der Waals surface area contributed by atoms with Crippen LogP contribution in [0.15, 0.2) is 12.1 Å². The third kappa shape index (κ3) is 4.01. The second-order valence-electron chi connectivity index (χ2n) is 4.87. The molecule has 1 aromatic rings. The Labute approximate surface area is 128 Å². The number of hydrogen-bond donors (Lipinski definition) is 2. The number of nitrogens with one attached hydrogen (secondary N) is 1. The van der Waals surface area contributed by atoms with Gasteiger partial charge in [-0.2, -0.15) is 0 Å². The summed E-state index contributed by atoms with van der Waals surface area (Å²) in [6.45, 7) is -0.370. The van der Waals surface area contributed by atoms with Crippen LogP contribution in [-0.2, 0) is 11.4 Å². The van der Waals surface area contributed by atoms with Crippen molar-refractivity contribution in [2.24, 2.45) is 0 Å². The Hall–Kier alpha value is -0.970. The van der Waals surface area contributed by atoms with Gasteiger partial charge in [0.25, 0.3) is 5.91 Å². The summed E-state index contributed by atoms with van der Waals surface area (Å²) in [6.07, 6.45) is 4.36. The number of carbonyl (C=O) groups is 1. The summed E-state index contributed by atoms with van der Waals surface area (Å²) in [4.78, 5) is 11.8. The quantitative estimate of drug-likeness (QED) is 0.877. The van der Waals surface area contributed by atoms with E-state index >= 15 is 0 Å². The highest BCUT2D eigenvalue weighted by Crippen LogP contribution is 2.32. The minimum atomic E-state index is -0.250. The van der Waals surface area contributed by atoms with E-state index in [0.29, 0.717) is 16.3 Å². The number of aliphatic hydroxyl groups excluding tert-OH is 1. The van der Waals surface area contributed by atoms with E-state index in [9.17, 15) is 9.90 Å². The molecule has 4 nitrogen and oxygen atoms in total. The smallest absolute Gasteiger partial charge is 0.258 e. The largest absolute Gasteiger partial charge is 0.482 e. The summed E-state index contributed by atoms with van der Waals surface area (Å²) < 4.78 is 5.42. The van der Waals surface area contributed by atoms with Crippen LogP contribution in [0.5, 0.6) is 5.75 Å². The fraction of sp³-hybridized carbons (Fsp3) is 0.500. The maximum atomic E-state index is 11.8. The highest BCUT2D eigenvalue weighted by Gasteiger charge is 2.18. The van der Waals surface area contributed by atoms with Gasteiger partial charge in [0.05, 0.1) is 11.6 Å². The summed E-state index contributed by atoms with van der Waals surface area (Å²) in [7, 11) is 0. The molecule has 0 unspecified atom stereocenters. The van der Waals surface area contributed by atoms with Crippen LogP contribution in [0.1, 0.15) is 31.2 Å². The SMILES string of the molecule is O=C(COc1c(Cl)cc(Cl)cc1CO)NC1CCCC1. The van der Waals surface area contributed by atoms with Gasteiger partial charge in [-0.25, -0.2) is 0 Å². The molecule has 0 aliphatic heterocycles. The first-order valence-corrected chi connectivity index (χ1v) is 7.36. The van der Waals surface area contributed by atoms with Crippen molar-refractivity contribution in [3.05, 3.63) is 27.7 Å². The molecule has 1 aliphatic rings. The van der Waals surface area contributed by atoms with E-state index in [2.05, 4.69) is 5.32 Å². The predicted molar refractivity (Wildman–Crippen MR) is 78.3 cm³/mol. The molecule has 0 aromatic heterocycles. The Morgan fingerprint density at radius 1 is 1.35 bits per heavy atom. The Morgan fingerprint density at radius 3 is 2.70 bits per heavy atom. The van der Waals surface area contributed by atoms with E-state index in [1.165, 1.54) is 6.07 Å². The summed E-state index contributed by atoms with van der Waals surface area (Å²) in [5.74, 6) is 0.131. The Balaban J connectivity index is 1.94. The summed E-state index contributed by atoms with van der Waals surface area (Å²) >= 11 is 11.9. The molecule has 1 saturated carbocycles. The van der Waals surface area contributed by atoms with E-state index in [-0.39, 0.29) is 30.2 Å². The van der Waals surface area contributed by atoms with Gasteiger partial charge in [0.15, 0.2) is 6.61 Å². The van der Waals surface area contributed by atoms with Crippen molar-refractivity contribution >= 4 is 29.1 Å². The molecule has 1 aliphatic carbocycles. The van der Waals surface area contributed by atoms with E-state index < -0.39 is 0 Å². The van der Waals surface area contributed by atoms with Crippen LogP contribution in [0.4, 0.5) is 0 Å². The minimum absolute atomic E-state index is 0.120. The number of ether oxygens (including phenoxy) is 1. The lowest BCUT2D eigenvalue weighted by atomic mass is 10.2. The number of amides is 1. The van der Waals surface area contributed by atoms with Crippen molar-refractivity contribution in [3.8, 4) is 5.75 Å². The number of benzene rings is 1. The zero-order valence-electron chi connectivity index (χ0n) is 11.0. The highest BCUT2D eigenvalue weighted by molar-refractivity contribution is 6.35. The van der Waals surface area contributed by atoms with E-state index in [1.54, 1.807) is 6.07 Å². The van der Waals surface area contributed by atoms with Crippen LogP contribution >= 0.6 is 23.2 Å². The van der Waals surface area contributed by atoms with Crippen molar-refractivity contribution in [1.29, 1.82) is 0 Å². The molecule has 1 fully saturated rings. The van der Waals surface area contributed by atoms with Crippen LogP contribution in [0, 0.1) is 0 Å². The van der Waals surface area contributed by atoms with Crippen LogP contribution in [0.2, 0.25) is 10.0 Å². The number of carbonyl (C=O) groups excluding carboxylic acids is 1. The molecular weight excluding hydrogens is 301 g/mol. The van der Waals surface area contributed by atoms with Crippen molar-refractivity contribution in [2.75, 3.05) is 6.61 Å². The van der Waals surface area contributed by atoms with Crippen LogP contribution in [0.3, 0.4) is 0 Å². The molecule has 0 atom stereocenters. The van der Waals surface area contributed by atoms with Crippen molar-refractivity contribution in [2.45, 2.75) is 38.3 Å². The molecule has 2 N–H and O–H groups in total. The average Bonchev–Trinajstić information content (AvgIpc) is 2.89. The third-order valence-corrected chi connectivity index (χ3v) is 3.82. The topological polar surface area (TPSA) is 58.6 Å². The molecule has 1 aromatic carbocycles. The number of hydrogen-bond acceptors (Lipinski definition) is 3. The van der Waals surface area contributed by atoms with E-state index in [0.717, 1.165) is 25.7 Å². The molecule has 0 bridgehead atoms. The second kappa shape index (κ2) is 7.16. The standard InChI is InChI=1S/C14H17Cl2NO3/c15-10-5-9(7-18)14(12(16)6-10)20-8-13(19)17-11-3-1-2-4-11/h5-6,11,18H,1-4,7-8H2,(H,17,19). The van der Waals surface area contributed by atoms with Gasteiger partial charge in [-0.05, 0) is 25.0 Å². The summed E-state index contributed by atoms with van der Waals surface area (Å²) in [5, 5.41) is 12.9. The molecule has 6 heteroatoms. The van der Waals surface area contributed by atoms with Crippen molar-refractivity contribution in [3.63, 3.8) is 0 Å². The zero-order chi connectivity index (χ0) is 14.5. The number of rotatable bonds is 5. The van der Waals surface area contributed by atoms with Gasteiger partial charge < -0.3 is 15.2 Å². The maximum Gasteiger partial charge on any atom is 0.258 e. The van der Waals surface area contributed by atoms with Gasteiger partial charge in [-0.1, -0.05) is 36.0 Å². The number of aliphatic hydroxyl groups is 1. The van der Waals surface area contributed by atoms with Crippen LogP contribution in [0.25, 0.3) is 0 Å². The summed E-state index contributed by atoms with van der Waals surface area (Å²) in [6, 6.07) is 3.34. The monoisotopic (exact) mass is 317 g/mol. The summed E-state index contributed by atoms with van der Waals surface area (Å²) in [5.41, 5.74) is 0.469. The maximum absolute atomic E-state index is 11.8. The van der Waals surface area contributed by atoms with Gasteiger partial charge in [-0.3, -0.25) is 4.79 Å². The molecular formula is C14H17Cl2NO3. The fourth-order valence-electron chi connectivity index (χ4n) is 2.37. The lowest BCUT2D eigenvalue weighted by Gasteiger charge is -2.15. The molecule has 0 saturated heterocycles. The van der Waals surface area contributed by atoms with Crippen molar-refractivity contribution in [1.82, 2.24) is 5.32 Å². The molecule has 2 rings (SSSR count). The predicted octanol–water partition coefficient (Wildman–Crippen LogP) is 2.92. The normalized spacial score (nSPS) is 15.3. The number of halogens is 2. The molecule has 0 heterocycles. The molecule has 0 spiro atoms. The van der Waals surface area contributed by atoms with Crippen LogP contribution < -0.4 is 10.1 Å². The third-order valence-electron chi connectivity index (χ3n) is 3.32. The molecule has 110 valence electrons. The average molecular weight is 318 g/mol. The lowest BCUT2D eigenvalue weighted by Crippen LogP contribution is -2.36. The zero-order valence-corrected chi connectivity index (χ0v) is 12.5. The molecule has 0 radical (unpaired) electrons. The first kappa shape index (κ1) is 15.4. The highest BCUT2D eigenvalue weighted by atomic mass is 35.5. The Kier molecular flexibility index (Phi) is 5.52. The minimum Gasteiger partial charge on any atom is -0.482 e. The second-order valence-corrected chi connectivity index (χ2v) is 5.72. The van der Waals surface area contributed by atoms with E-state index in [4.69, 9.17) is 27.9 Å².